The fraction of sp³-hybridized carbons (Fsp3) is 0.815. The Morgan fingerprint density at radius 3 is 2.50 bits per heavy atom. The molecule has 2 saturated carbocycles. The van der Waals surface area contributed by atoms with Gasteiger partial charge in [0.2, 0.25) is 11.7 Å². The lowest BCUT2D eigenvalue weighted by molar-refractivity contribution is -0.345. The number of fused-ring (bicyclic) bond motifs is 1. The molecule has 0 amide bonds. The second-order valence-electron chi connectivity index (χ2n) is 12.3. The van der Waals surface area contributed by atoms with Crippen LogP contribution in [0.25, 0.3) is 0 Å². The minimum Gasteiger partial charge on any atom is -0.459 e. The van der Waals surface area contributed by atoms with Crippen LogP contribution in [-0.2, 0) is 33.3 Å². The smallest absolute Gasteiger partial charge is 0.351 e. The molecule has 0 unspecified atom stereocenters. The summed E-state index contributed by atoms with van der Waals surface area (Å²) in [4.78, 5) is 38.5. The Balaban J connectivity index is 1.64. The minimum atomic E-state index is -2.10. The Kier molecular flexibility index (Phi) is 6.14. The predicted molar refractivity (Wildman–Crippen MR) is 128 cm³/mol. The molecule has 5 rings (SSSR count). The van der Waals surface area contributed by atoms with Gasteiger partial charge in [-0.15, -0.1) is 0 Å². The zero-order valence-electron chi connectivity index (χ0n) is 22.5. The highest BCUT2D eigenvalue weighted by molar-refractivity contribution is 5.86. The molecular formula is C27H38O11. The molecule has 4 fully saturated rings. The second kappa shape index (κ2) is 8.47. The maximum atomic E-state index is 13.5. The largest absolute Gasteiger partial charge is 0.459 e. The number of aliphatic hydroxyl groups is 4. The summed E-state index contributed by atoms with van der Waals surface area (Å²) in [6, 6.07) is 0. The van der Waals surface area contributed by atoms with Crippen LogP contribution in [-0.4, -0.2) is 86.8 Å². The van der Waals surface area contributed by atoms with Gasteiger partial charge < -0.3 is 39.4 Å². The zero-order chi connectivity index (χ0) is 28.2. The monoisotopic (exact) mass is 538 g/mol. The molecule has 2 saturated heterocycles. The van der Waals surface area contributed by atoms with E-state index in [-0.39, 0.29) is 13.0 Å². The highest BCUT2D eigenvalue weighted by Crippen LogP contribution is 2.74. The quantitative estimate of drug-likeness (QED) is 0.219. The Bertz CT molecular complexity index is 1090. The van der Waals surface area contributed by atoms with Crippen molar-refractivity contribution in [2.24, 2.45) is 34.5 Å². The van der Waals surface area contributed by atoms with E-state index in [1.807, 2.05) is 6.92 Å². The van der Waals surface area contributed by atoms with E-state index in [0.717, 1.165) is 5.57 Å². The number of carbonyl (C=O) groups excluding carboxylic acids is 3. The average Bonchev–Trinajstić information content (AvgIpc) is 3.13. The topological polar surface area (TPSA) is 169 Å². The van der Waals surface area contributed by atoms with Gasteiger partial charge in [0.05, 0.1) is 18.8 Å². The molecule has 212 valence electrons. The molecule has 4 N–H and O–H groups in total. The lowest BCUT2D eigenvalue weighted by Crippen LogP contribution is -2.78. The third-order valence-electron chi connectivity index (χ3n) is 10.5. The van der Waals surface area contributed by atoms with E-state index < -0.39 is 94.3 Å². The molecule has 2 heterocycles. The number of ether oxygens (including phenoxy) is 4. The van der Waals surface area contributed by atoms with Crippen LogP contribution in [0.2, 0.25) is 0 Å². The van der Waals surface area contributed by atoms with Gasteiger partial charge in [-0.25, -0.2) is 9.59 Å². The van der Waals surface area contributed by atoms with Gasteiger partial charge in [0.1, 0.15) is 12.2 Å². The van der Waals surface area contributed by atoms with Crippen molar-refractivity contribution in [1.29, 1.82) is 0 Å². The summed E-state index contributed by atoms with van der Waals surface area (Å²) in [6.07, 6.45) is -4.32. The second-order valence-corrected chi connectivity index (χ2v) is 12.3. The zero-order valence-corrected chi connectivity index (χ0v) is 22.5. The van der Waals surface area contributed by atoms with Gasteiger partial charge in [-0.05, 0) is 38.5 Å². The van der Waals surface area contributed by atoms with E-state index in [1.54, 1.807) is 26.8 Å². The molecule has 11 heteroatoms. The molecule has 3 aliphatic carbocycles. The third-order valence-corrected chi connectivity index (χ3v) is 10.5. The number of aliphatic hydroxyl groups excluding tert-OH is 3. The lowest BCUT2D eigenvalue weighted by Gasteiger charge is -2.68. The van der Waals surface area contributed by atoms with E-state index in [9.17, 15) is 34.8 Å². The van der Waals surface area contributed by atoms with Gasteiger partial charge in [-0.3, -0.25) is 4.79 Å². The van der Waals surface area contributed by atoms with Crippen molar-refractivity contribution in [3.8, 4) is 0 Å². The molecule has 11 nitrogen and oxygen atoms in total. The summed E-state index contributed by atoms with van der Waals surface area (Å²) in [5.74, 6) is -7.52. The van der Waals surface area contributed by atoms with E-state index in [0.29, 0.717) is 6.42 Å². The standard InChI is InChI=1S/C27H38O11/c1-7-24(5,38-13(4)28)23(33)37-18-17-12(3)19(30)27(34)22-25(6)14(11(2)8-15(29)20(25)31)9-16(36-21(18)32)26(17,22)10-35-27/h8,12,14-20,22,29-31,34H,7,9-10H2,1-6H3/t12-,14+,15+,16-,17-,18-,19-,20-,22-,24-,25-,26+,27+/m1/s1. The molecule has 2 bridgehead atoms. The van der Waals surface area contributed by atoms with Gasteiger partial charge in [-0.1, -0.05) is 32.4 Å². The fourth-order valence-electron chi connectivity index (χ4n) is 8.71. The predicted octanol–water partition coefficient (Wildman–Crippen LogP) is 0.212. The molecule has 0 radical (unpaired) electrons. The first kappa shape index (κ1) is 27.5. The van der Waals surface area contributed by atoms with Crippen LogP contribution in [0.5, 0.6) is 0 Å². The molecule has 0 aromatic carbocycles. The number of hydrogen-bond donors (Lipinski definition) is 4. The van der Waals surface area contributed by atoms with E-state index in [2.05, 4.69) is 0 Å². The van der Waals surface area contributed by atoms with Crippen molar-refractivity contribution in [3.63, 3.8) is 0 Å². The molecule has 38 heavy (non-hydrogen) atoms. The van der Waals surface area contributed by atoms with Crippen LogP contribution < -0.4 is 0 Å². The summed E-state index contributed by atoms with van der Waals surface area (Å²) in [5, 5.41) is 45.5. The molecular weight excluding hydrogens is 500 g/mol. The number of esters is 3. The van der Waals surface area contributed by atoms with E-state index in [1.165, 1.54) is 13.8 Å². The van der Waals surface area contributed by atoms with Crippen molar-refractivity contribution < 1.29 is 53.8 Å². The van der Waals surface area contributed by atoms with Gasteiger partial charge >= 0.3 is 17.9 Å². The summed E-state index contributed by atoms with van der Waals surface area (Å²) < 4.78 is 22.9. The molecule has 13 atom stereocenters. The maximum absolute atomic E-state index is 13.5. The van der Waals surface area contributed by atoms with Gasteiger partial charge in [0, 0.05) is 29.6 Å². The summed E-state index contributed by atoms with van der Waals surface area (Å²) in [7, 11) is 0. The number of carbonyl (C=O) groups is 3. The lowest BCUT2D eigenvalue weighted by atomic mass is 9.38. The van der Waals surface area contributed by atoms with Crippen LogP contribution in [0.4, 0.5) is 0 Å². The molecule has 0 aromatic heterocycles. The van der Waals surface area contributed by atoms with Crippen LogP contribution in [0.15, 0.2) is 11.6 Å². The summed E-state index contributed by atoms with van der Waals surface area (Å²) in [5.41, 5.74) is -3.19. The van der Waals surface area contributed by atoms with E-state index in [4.69, 9.17) is 18.9 Å². The fourth-order valence-corrected chi connectivity index (χ4v) is 8.71. The molecule has 5 aliphatic rings. The summed E-state index contributed by atoms with van der Waals surface area (Å²) >= 11 is 0. The highest BCUT2D eigenvalue weighted by atomic mass is 16.7. The average molecular weight is 539 g/mol. The normalized spacial score (nSPS) is 50.5. The maximum Gasteiger partial charge on any atom is 0.351 e. The SMILES string of the molecule is CC[C@@](C)(OC(C)=O)C(=O)O[C@H]1C(=O)O[C@@H]2C[C@H]3C(C)=C[C@H](O)[C@@H](O)[C@]3(C)[C@H]3[C@@]4(O)OC[C@]32[C@@H]1[C@@H](C)[C@H]4O. The third kappa shape index (κ3) is 3.22. The first-order chi connectivity index (χ1) is 17.6. The Labute approximate surface area is 221 Å². The van der Waals surface area contributed by atoms with Crippen LogP contribution in [0, 0.1) is 34.5 Å². The van der Waals surface area contributed by atoms with Crippen molar-refractivity contribution in [1.82, 2.24) is 0 Å². The van der Waals surface area contributed by atoms with Crippen LogP contribution in [0.1, 0.15) is 54.4 Å². The highest BCUT2D eigenvalue weighted by Gasteiger charge is 2.83. The van der Waals surface area contributed by atoms with Gasteiger partial charge in [-0.2, -0.15) is 0 Å². The van der Waals surface area contributed by atoms with Crippen LogP contribution >= 0.6 is 0 Å². The first-order valence-electron chi connectivity index (χ1n) is 13.3. The van der Waals surface area contributed by atoms with Crippen LogP contribution in [0.3, 0.4) is 0 Å². The minimum absolute atomic E-state index is 0.0880. The number of hydrogen-bond acceptors (Lipinski definition) is 11. The van der Waals surface area contributed by atoms with Crippen molar-refractivity contribution in [2.75, 3.05) is 6.61 Å². The van der Waals surface area contributed by atoms with Gasteiger partial charge in [0.15, 0.2) is 5.79 Å². The molecule has 1 spiro atoms. The first-order valence-corrected chi connectivity index (χ1v) is 13.3. The Hall–Kier alpha value is -2.05. The molecule has 0 aromatic rings. The Morgan fingerprint density at radius 2 is 1.89 bits per heavy atom. The Morgan fingerprint density at radius 1 is 1.24 bits per heavy atom. The summed E-state index contributed by atoms with van der Waals surface area (Å²) in [6.45, 7) is 9.32. The van der Waals surface area contributed by atoms with E-state index >= 15 is 0 Å². The van der Waals surface area contributed by atoms with Crippen molar-refractivity contribution in [2.45, 2.75) is 96.3 Å². The number of rotatable bonds is 4. The van der Waals surface area contributed by atoms with Crippen molar-refractivity contribution >= 4 is 17.9 Å². The van der Waals surface area contributed by atoms with Crippen molar-refractivity contribution in [3.05, 3.63) is 11.6 Å². The van der Waals surface area contributed by atoms with Gasteiger partial charge in [0.25, 0.3) is 0 Å². The number of allylic oxidation sites excluding steroid dienone is 1. The molecule has 2 aliphatic heterocycles.